The molecular weight excluding hydrogens is 258 g/mol. The van der Waals surface area contributed by atoms with E-state index in [1.165, 1.54) is 49.8 Å². The van der Waals surface area contributed by atoms with Gasteiger partial charge in [-0.3, -0.25) is 0 Å². The van der Waals surface area contributed by atoms with Gasteiger partial charge in [-0.1, -0.05) is 26.8 Å². The molecule has 0 radical (unpaired) electrons. The minimum atomic E-state index is 0.346. The van der Waals surface area contributed by atoms with Gasteiger partial charge in [0, 0.05) is 23.7 Å². The maximum absolute atomic E-state index is 6.14. The number of aryl methyl sites for hydroxylation is 1. The molecule has 2 aliphatic rings. The average molecular weight is 287 g/mol. The molecule has 1 aliphatic heterocycles. The van der Waals surface area contributed by atoms with Crippen LogP contribution >= 0.6 is 0 Å². The van der Waals surface area contributed by atoms with E-state index in [-0.39, 0.29) is 0 Å². The van der Waals surface area contributed by atoms with Gasteiger partial charge >= 0.3 is 0 Å². The smallest absolute Gasteiger partial charge is 0.121 e. The van der Waals surface area contributed by atoms with Crippen LogP contribution in [-0.2, 0) is 6.42 Å². The van der Waals surface area contributed by atoms with Crippen LogP contribution < -0.4 is 10.1 Å². The topological polar surface area (TPSA) is 21.3 Å². The summed E-state index contributed by atoms with van der Waals surface area (Å²) in [6.45, 7) is 9.11. The van der Waals surface area contributed by atoms with Gasteiger partial charge in [-0.05, 0) is 55.6 Å². The summed E-state index contributed by atoms with van der Waals surface area (Å²) in [5.74, 6) is 1.02. The fraction of sp³-hybridized carbons (Fsp3) is 0.684. The average Bonchev–Trinajstić information content (AvgIpc) is 2.49. The van der Waals surface area contributed by atoms with Crippen LogP contribution in [0.2, 0.25) is 0 Å². The SMILES string of the molecule is CC1(C)CCC(C)(COc2ccc3c(c2)NCCC3)CC1. The van der Waals surface area contributed by atoms with Gasteiger partial charge in [-0.2, -0.15) is 0 Å². The highest BCUT2D eigenvalue weighted by Gasteiger charge is 2.35. The molecule has 0 amide bonds. The molecule has 1 heterocycles. The molecule has 0 atom stereocenters. The number of hydrogen-bond acceptors (Lipinski definition) is 2. The van der Waals surface area contributed by atoms with Crippen molar-refractivity contribution >= 4 is 5.69 Å². The minimum absolute atomic E-state index is 0.346. The fourth-order valence-electron chi connectivity index (χ4n) is 3.46. The van der Waals surface area contributed by atoms with Crippen molar-refractivity contribution < 1.29 is 4.74 Å². The van der Waals surface area contributed by atoms with Gasteiger partial charge < -0.3 is 10.1 Å². The van der Waals surface area contributed by atoms with Gasteiger partial charge in [0.1, 0.15) is 5.75 Å². The molecule has 116 valence electrons. The van der Waals surface area contributed by atoms with Crippen molar-refractivity contribution in [3.8, 4) is 5.75 Å². The number of rotatable bonds is 3. The monoisotopic (exact) mass is 287 g/mol. The summed E-state index contributed by atoms with van der Waals surface area (Å²) >= 11 is 0. The lowest BCUT2D eigenvalue weighted by Crippen LogP contribution is -2.33. The van der Waals surface area contributed by atoms with Crippen LogP contribution in [0, 0.1) is 10.8 Å². The number of hydrogen-bond donors (Lipinski definition) is 1. The van der Waals surface area contributed by atoms with Gasteiger partial charge in [0.05, 0.1) is 6.61 Å². The van der Waals surface area contributed by atoms with Crippen molar-refractivity contribution in [2.24, 2.45) is 10.8 Å². The summed E-state index contributed by atoms with van der Waals surface area (Å²) in [5, 5.41) is 3.48. The lowest BCUT2D eigenvalue weighted by Gasteiger charge is -2.41. The van der Waals surface area contributed by atoms with E-state index in [4.69, 9.17) is 4.74 Å². The van der Waals surface area contributed by atoms with Crippen molar-refractivity contribution in [3.63, 3.8) is 0 Å². The highest BCUT2D eigenvalue weighted by atomic mass is 16.5. The van der Waals surface area contributed by atoms with Crippen molar-refractivity contribution in [3.05, 3.63) is 23.8 Å². The minimum Gasteiger partial charge on any atom is -0.493 e. The Morgan fingerprint density at radius 3 is 2.62 bits per heavy atom. The first-order valence-electron chi connectivity index (χ1n) is 8.46. The summed E-state index contributed by atoms with van der Waals surface area (Å²) in [7, 11) is 0. The summed E-state index contributed by atoms with van der Waals surface area (Å²) in [4.78, 5) is 0. The van der Waals surface area contributed by atoms with Crippen molar-refractivity contribution in [2.45, 2.75) is 59.3 Å². The number of ether oxygens (including phenoxy) is 1. The predicted octanol–water partition coefficient (Wildman–Crippen LogP) is 5.03. The van der Waals surface area contributed by atoms with E-state index in [0.717, 1.165) is 18.9 Å². The Bertz CT molecular complexity index is 496. The van der Waals surface area contributed by atoms with E-state index < -0.39 is 0 Å². The van der Waals surface area contributed by atoms with Crippen molar-refractivity contribution in [1.29, 1.82) is 0 Å². The van der Waals surface area contributed by atoms with Crippen LogP contribution in [-0.4, -0.2) is 13.2 Å². The molecule has 0 unspecified atom stereocenters. The molecule has 21 heavy (non-hydrogen) atoms. The van der Waals surface area contributed by atoms with E-state index >= 15 is 0 Å². The zero-order chi connectivity index (χ0) is 14.9. The van der Waals surface area contributed by atoms with Gasteiger partial charge in [0.2, 0.25) is 0 Å². The third-order valence-corrected chi connectivity index (χ3v) is 5.42. The molecule has 3 rings (SSSR count). The molecule has 0 saturated heterocycles. The molecule has 0 spiro atoms. The number of fused-ring (bicyclic) bond motifs is 1. The van der Waals surface area contributed by atoms with Crippen LogP contribution in [0.15, 0.2) is 18.2 Å². The third-order valence-electron chi connectivity index (χ3n) is 5.42. The fourth-order valence-corrected chi connectivity index (χ4v) is 3.46. The first-order valence-corrected chi connectivity index (χ1v) is 8.46. The molecule has 0 bridgehead atoms. The lowest BCUT2D eigenvalue weighted by atomic mass is 9.66. The molecule has 1 fully saturated rings. The molecule has 1 aliphatic carbocycles. The van der Waals surface area contributed by atoms with Gasteiger partial charge in [-0.15, -0.1) is 0 Å². The summed E-state index contributed by atoms with van der Waals surface area (Å²) < 4.78 is 6.14. The number of nitrogens with one attached hydrogen (secondary N) is 1. The van der Waals surface area contributed by atoms with E-state index in [2.05, 4.69) is 44.3 Å². The summed E-state index contributed by atoms with van der Waals surface area (Å²) in [5.41, 5.74) is 3.57. The normalized spacial score (nSPS) is 23.0. The molecule has 0 aromatic heterocycles. The second kappa shape index (κ2) is 5.55. The van der Waals surface area contributed by atoms with Crippen molar-refractivity contribution in [2.75, 3.05) is 18.5 Å². The Morgan fingerprint density at radius 1 is 1.10 bits per heavy atom. The van der Waals surface area contributed by atoms with Crippen LogP contribution in [0.25, 0.3) is 0 Å². The first-order chi connectivity index (χ1) is 9.96. The molecular formula is C19H29NO. The maximum atomic E-state index is 6.14. The largest absolute Gasteiger partial charge is 0.493 e. The first kappa shape index (κ1) is 14.7. The molecule has 1 aromatic rings. The maximum Gasteiger partial charge on any atom is 0.121 e. The zero-order valence-corrected chi connectivity index (χ0v) is 13.8. The van der Waals surface area contributed by atoms with Crippen molar-refractivity contribution in [1.82, 2.24) is 0 Å². The Kier molecular flexibility index (Phi) is 3.90. The van der Waals surface area contributed by atoms with Crippen LogP contribution in [0.3, 0.4) is 0 Å². The predicted molar refractivity (Wildman–Crippen MR) is 89.1 cm³/mol. The van der Waals surface area contributed by atoms with E-state index in [0.29, 0.717) is 10.8 Å². The number of benzene rings is 1. The molecule has 1 aromatic carbocycles. The van der Waals surface area contributed by atoms with Crippen LogP contribution in [0.4, 0.5) is 5.69 Å². The van der Waals surface area contributed by atoms with E-state index in [1.807, 2.05) is 0 Å². The zero-order valence-electron chi connectivity index (χ0n) is 13.8. The standard InChI is InChI=1S/C19H29NO/c1-18(2)8-10-19(3,11-9-18)14-21-16-7-6-15-5-4-12-20-17(15)13-16/h6-7,13,20H,4-5,8-12,14H2,1-3H3. The Balaban J connectivity index is 1.60. The van der Waals surface area contributed by atoms with Gasteiger partial charge in [0.15, 0.2) is 0 Å². The Hall–Kier alpha value is -1.18. The van der Waals surface area contributed by atoms with E-state index in [1.54, 1.807) is 0 Å². The second-order valence-electron chi connectivity index (χ2n) is 8.11. The summed E-state index contributed by atoms with van der Waals surface area (Å²) in [6, 6.07) is 6.55. The highest BCUT2D eigenvalue weighted by molar-refractivity contribution is 5.56. The van der Waals surface area contributed by atoms with Crippen LogP contribution in [0.5, 0.6) is 5.75 Å². The third kappa shape index (κ3) is 3.53. The lowest BCUT2D eigenvalue weighted by molar-refractivity contribution is 0.0659. The summed E-state index contributed by atoms with van der Waals surface area (Å²) in [6.07, 6.45) is 7.63. The molecule has 2 nitrogen and oxygen atoms in total. The second-order valence-corrected chi connectivity index (χ2v) is 8.11. The molecule has 1 N–H and O–H groups in total. The Labute approximate surface area is 129 Å². The molecule has 2 heteroatoms. The highest BCUT2D eigenvalue weighted by Crippen LogP contribution is 2.45. The van der Waals surface area contributed by atoms with E-state index in [9.17, 15) is 0 Å². The van der Waals surface area contributed by atoms with Crippen LogP contribution in [0.1, 0.15) is 58.4 Å². The van der Waals surface area contributed by atoms with Gasteiger partial charge in [0.25, 0.3) is 0 Å². The Morgan fingerprint density at radius 2 is 1.86 bits per heavy atom. The number of anilines is 1. The van der Waals surface area contributed by atoms with Gasteiger partial charge in [-0.25, -0.2) is 0 Å². The molecule has 1 saturated carbocycles. The quantitative estimate of drug-likeness (QED) is 0.842.